The summed E-state index contributed by atoms with van der Waals surface area (Å²) in [6, 6.07) is 71.5. The van der Waals surface area contributed by atoms with Gasteiger partial charge in [-0.2, -0.15) is 0 Å². The van der Waals surface area contributed by atoms with Gasteiger partial charge in [-0.25, -0.2) is 9.97 Å². The van der Waals surface area contributed by atoms with Crippen molar-refractivity contribution < 1.29 is 0 Å². The quantitative estimate of drug-likeness (QED) is 0.173. The van der Waals surface area contributed by atoms with Crippen LogP contribution in [0.25, 0.3) is 78.5 Å². The highest BCUT2D eigenvalue weighted by atomic mass is 15.1. The molecule has 2 heterocycles. The molecule has 2 aliphatic rings. The highest BCUT2D eigenvalue weighted by Crippen LogP contribution is 2.75. The van der Waals surface area contributed by atoms with Crippen LogP contribution in [0.1, 0.15) is 63.8 Å². The van der Waals surface area contributed by atoms with E-state index in [1.165, 1.54) is 44.5 Å². The predicted molar refractivity (Wildman–Crippen MR) is 264 cm³/mol. The number of rotatable bonds is 5. The van der Waals surface area contributed by atoms with Crippen molar-refractivity contribution in [2.75, 3.05) is 0 Å². The van der Waals surface area contributed by atoms with Gasteiger partial charge in [-0.15, -0.1) is 0 Å². The molecule has 0 amide bonds. The van der Waals surface area contributed by atoms with Crippen LogP contribution >= 0.6 is 0 Å². The zero-order valence-electron chi connectivity index (χ0n) is 37.3. The summed E-state index contributed by atoms with van der Waals surface area (Å²) >= 11 is 0. The van der Waals surface area contributed by atoms with Gasteiger partial charge in [-0.05, 0) is 104 Å². The number of hydrogen-bond acceptors (Lipinski definition) is 2. The minimum Gasteiger partial charge on any atom is -0.292 e. The Kier molecular flexibility index (Phi) is 8.16. The number of fused-ring (bicyclic) bond motifs is 8. The van der Waals surface area contributed by atoms with Gasteiger partial charge in [0.25, 0.3) is 0 Å². The first kappa shape index (κ1) is 38.4. The standard InChI is InChI=1S/C60H50N4/c1-57(2,3)59(47-27-15-13-25-43(47)45-35-33-41(37-49(45)59)63-53-31-19-17-29-51(53)61-55(63)39-21-9-7-10-22-39)60(58(4,5)6)48-28-16-14-26-44(48)46-36-34-42(38-50(46)60)64-54-32-20-18-30-52(54)62-56(64)40-23-11-8-12-24-40/h7-38H,1-6H3. The van der Waals surface area contributed by atoms with E-state index in [9.17, 15) is 0 Å². The Morgan fingerprint density at radius 2 is 0.688 bits per heavy atom. The third kappa shape index (κ3) is 5.00. The largest absolute Gasteiger partial charge is 0.292 e. The van der Waals surface area contributed by atoms with Crippen LogP contribution in [0.4, 0.5) is 0 Å². The number of para-hydroxylation sites is 4. The zero-order valence-corrected chi connectivity index (χ0v) is 37.3. The summed E-state index contributed by atoms with van der Waals surface area (Å²) in [7, 11) is 0. The summed E-state index contributed by atoms with van der Waals surface area (Å²) in [5.74, 6) is 1.87. The molecule has 0 radical (unpaired) electrons. The van der Waals surface area contributed by atoms with Crippen LogP contribution in [0.3, 0.4) is 0 Å². The lowest BCUT2D eigenvalue weighted by molar-refractivity contribution is 0.0593. The van der Waals surface area contributed by atoms with Crippen LogP contribution in [-0.2, 0) is 10.8 Å². The van der Waals surface area contributed by atoms with Crippen molar-refractivity contribution in [3.8, 4) is 56.4 Å². The van der Waals surface area contributed by atoms with Crippen LogP contribution in [0.15, 0.2) is 194 Å². The smallest absolute Gasteiger partial charge is 0.145 e. The molecule has 0 aliphatic heterocycles. The second-order valence-electron chi connectivity index (χ2n) is 19.8. The van der Waals surface area contributed by atoms with E-state index in [0.717, 1.165) is 56.2 Å². The molecular weight excluding hydrogens is 777 g/mol. The van der Waals surface area contributed by atoms with Crippen LogP contribution in [-0.4, -0.2) is 19.1 Å². The fourth-order valence-corrected chi connectivity index (χ4v) is 12.5. The molecule has 4 nitrogen and oxygen atoms in total. The van der Waals surface area contributed by atoms with Gasteiger partial charge in [0.05, 0.1) is 22.1 Å². The molecule has 0 saturated heterocycles. The number of hydrogen-bond donors (Lipinski definition) is 0. The van der Waals surface area contributed by atoms with E-state index < -0.39 is 10.8 Å². The minimum atomic E-state index is -0.581. The normalized spacial score (nSPS) is 17.7. The molecule has 2 atom stereocenters. The molecule has 310 valence electrons. The first-order valence-electron chi connectivity index (χ1n) is 22.6. The van der Waals surface area contributed by atoms with Crippen LogP contribution in [0.2, 0.25) is 0 Å². The predicted octanol–water partition coefficient (Wildman–Crippen LogP) is 15.0. The lowest BCUT2D eigenvalue weighted by Crippen LogP contribution is -2.62. The first-order chi connectivity index (χ1) is 31.0. The van der Waals surface area contributed by atoms with Gasteiger partial charge < -0.3 is 0 Å². The van der Waals surface area contributed by atoms with E-state index in [1.54, 1.807) is 0 Å². The van der Waals surface area contributed by atoms with Gasteiger partial charge in [0.2, 0.25) is 0 Å². The monoisotopic (exact) mass is 826 g/mol. The summed E-state index contributed by atoms with van der Waals surface area (Å²) in [6.45, 7) is 14.9. The van der Waals surface area contributed by atoms with Crippen molar-refractivity contribution in [2.45, 2.75) is 52.4 Å². The topological polar surface area (TPSA) is 35.6 Å². The fraction of sp³-hybridized carbons (Fsp3) is 0.167. The second kappa shape index (κ2) is 13.6. The summed E-state index contributed by atoms with van der Waals surface area (Å²) in [4.78, 5) is 10.6. The Morgan fingerprint density at radius 1 is 0.344 bits per heavy atom. The molecule has 0 spiro atoms. The molecule has 64 heavy (non-hydrogen) atoms. The highest BCUT2D eigenvalue weighted by Gasteiger charge is 2.70. The third-order valence-corrected chi connectivity index (χ3v) is 14.6. The van der Waals surface area contributed by atoms with Crippen LogP contribution < -0.4 is 0 Å². The van der Waals surface area contributed by atoms with E-state index in [4.69, 9.17) is 9.97 Å². The van der Waals surface area contributed by atoms with Crippen LogP contribution in [0.5, 0.6) is 0 Å². The highest BCUT2D eigenvalue weighted by molar-refractivity contribution is 5.93. The van der Waals surface area contributed by atoms with Crippen molar-refractivity contribution in [1.29, 1.82) is 0 Å². The van der Waals surface area contributed by atoms with Crippen molar-refractivity contribution in [2.24, 2.45) is 10.8 Å². The van der Waals surface area contributed by atoms with Gasteiger partial charge in [0.1, 0.15) is 11.6 Å². The summed E-state index contributed by atoms with van der Waals surface area (Å²) < 4.78 is 4.77. The molecule has 0 bridgehead atoms. The van der Waals surface area contributed by atoms with Gasteiger partial charge in [0, 0.05) is 33.3 Å². The van der Waals surface area contributed by atoms with Gasteiger partial charge in [0.15, 0.2) is 0 Å². The average molecular weight is 827 g/mol. The summed E-state index contributed by atoms with van der Waals surface area (Å²) in [6.07, 6.45) is 0. The van der Waals surface area contributed by atoms with E-state index in [2.05, 4.69) is 245 Å². The molecule has 12 rings (SSSR count). The molecule has 2 unspecified atom stereocenters. The van der Waals surface area contributed by atoms with Crippen molar-refractivity contribution in [3.05, 3.63) is 216 Å². The van der Waals surface area contributed by atoms with Crippen molar-refractivity contribution in [1.82, 2.24) is 19.1 Å². The Morgan fingerprint density at radius 3 is 1.09 bits per heavy atom. The van der Waals surface area contributed by atoms with E-state index >= 15 is 0 Å². The molecule has 10 aromatic rings. The number of benzene rings is 8. The molecule has 8 aromatic carbocycles. The van der Waals surface area contributed by atoms with Crippen molar-refractivity contribution in [3.63, 3.8) is 0 Å². The lowest BCUT2D eigenvalue weighted by atomic mass is 9.39. The SMILES string of the molecule is CC(C)(C)C1(C2(C(C)(C)C)c3ccccc3-c3ccc(-n4c(-c5ccccc5)nc5ccccc54)cc32)c2ccccc2-c2ccc(-n3c(-c4ccccc4)nc4ccccc43)cc21. The summed E-state index contributed by atoms with van der Waals surface area (Å²) in [5.41, 5.74) is 17.3. The first-order valence-corrected chi connectivity index (χ1v) is 22.6. The molecule has 2 aliphatic carbocycles. The molecule has 0 saturated carbocycles. The van der Waals surface area contributed by atoms with E-state index in [1.807, 2.05) is 0 Å². The second-order valence-corrected chi connectivity index (χ2v) is 19.8. The third-order valence-electron chi connectivity index (χ3n) is 14.6. The maximum Gasteiger partial charge on any atom is 0.145 e. The molecule has 2 aromatic heterocycles. The maximum atomic E-state index is 5.31. The minimum absolute atomic E-state index is 0.318. The molecule has 0 fully saturated rings. The van der Waals surface area contributed by atoms with E-state index in [0.29, 0.717) is 0 Å². The number of imidazole rings is 2. The Hall–Kier alpha value is -7.30. The van der Waals surface area contributed by atoms with Crippen LogP contribution in [0, 0.1) is 10.8 Å². The number of aromatic nitrogens is 4. The molecule has 4 heteroatoms. The maximum absolute atomic E-state index is 5.31. The van der Waals surface area contributed by atoms with Gasteiger partial charge in [-0.1, -0.05) is 187 Å². The molecule has 0 N–H and O–H groups in total. The Bertz CT molecular complexity index is 3240. The Balaban J connectivity index is 1.22. The van der Waals surface area contributed by atoms with Gasteiger partial charge >= 0.3 is 0 Å². The number of nitrogens with zero attached hydrogens (tertiary/aromatic N) is 4. The zero-order chi connectivity index (χ0) is 43.6. The van der Waals surface area contributed by atoms with E-state index in [-0.39, 0.29) is 10.8 Å². The van der Waals surface area contributed by atoms with Crippen molar-refractivity contribution >= 4 is 22.1 Å². The fourth-order valence-electron chi connectivity index (χ4n) is 12.5. The molecular formula is C60H50N4. The van der Waals surface area contributed by atoms with Gasteiger partial charge in [-0.3, -0.25) is 9.13 Å². The summed E-state index contributed by atoms with van der Waals surface area (Å²) in [5, 5.41) is 0. The Labute approximate surface area is 375 Å². The lowest BCUT2D eigenvalue weighted by Gasteiger charge is -2.62. The average Bonchev–Trinajstić information content (AvgIpc) is 4.05.